The van der Waals surface area contributed by atoms with Gasteiger partial charge in [0.25, 0.3) is 0 Å². The summed E-state index contributed by atoms with van der Waals surface area (Å²) in [6.45, 7) is 7.62. The summed E-state index contributed by atoms with van der Waals surface area (Å²) in [6.07, 6.45) is 0.982. The van der Waals surface area contributed by atoms with Crippen LogP contribution in [-0.2, 0) is 17.8 Å². The van der Waals surface area contributed by atoms with Gasteiger partial charge in [0.1, 0.15) is 0 Å². The minimum atomic E-state index is -0.478. The van der Waals surface area contributed by atoms with Crippen molar-refractivity contribution in [1.29, 1.82) is 0 Å². The molecule has 2 aromatic heterocycles. The van der Waals surface area contributed by atoms with Gasteiger partial charge in [0, 0.05) is 31.7 Å². The molecule has 3 heterocycles. The van der Waals surface area contributed by atoms with Crippen LogP contribution in [0.3, 0.4) is 0 Å². The first kappa shape index (κ1) is 21.3. The number of nitro groups is 1. The van der Waals surface area contributed by atoms with E-state index in [9.17, 15) is 10.1 Å². The lowest BCUT2D eigenvalue weighted by Gasteiger charge is -2.26. The van der Waals surface area contributed by atoms with Gasteiger partial charge < -0.3 is 19.4 Å². The van der Waals surface area contributed by atoms with Gasteiger partial charge >= 0.3 is 5.82 Å². The molecule has 0 amide bonds. The number of hydrogen-bond acceptors (Lipinski definition) is 7. The van der Waals surface area contributed by atoms with Crippen LogP contribution in [-0.4, -0.2) is 67.2 Å². The maximum Gasteiger partial charge on any atom is 0.390 e. The summed E-state index contributed by atoms with van der Waals surface area (Å²) >= 11 is 5.44. The van der Waals surface area contributed by atoms with Crippen LogP contribution in [0.5, 0.6) is 0 Å². The van der Waals surface area contributed by atoms with Crippen molar-refractivity contribution in [3.8, 4) is 11.4 Å². The molecule has 1 aliphatic heterocycles. The van der Waals surface area contributed by atoms with E-state index in [1.54, 1.807) is 4.68 Å². The minimum absolute atomic E-state index is 0.137. The lowest BCUT2D eigenvalue weighted by Crippen LogP contribution is -2.37. The van der Waals surface area contributed by atoms with Crippen LogP contribution in [0, 0.1) is 21.8 Å². The molecule has 3 aromatic rings. The zero-order valence-electron chi connectivity index (χ0n) is 17.4. The second-order valence-electron chi connectivity index (χ2n) is 7.57. The number of aromatic amines is 1. The quantitative estimate of drug-likeness (QED) is 0.324. The number of rotatable bonds is 8. The first-order valence-corrected chi connectivity index (χ1v) is 10.7. The summed E-state index contributed by atoms with van der Waals surface area (Å²) in [5.41, 5.74) is 2.71. The van der Waals surface area contributed by atoms with E-state index < -0.39 is 4.92 Å². The lowest BCUT2D eigenvalue weighted by atomic mass is 10.1. The van der Waals surface area contributed by atoms with Gasteiger partial charge in [0.2, 0.25) is 0 Å². The Morgan fingerprint density at radius 2 is 1.97 bits per heavy atom. The topological polar surface area (TPSA) is 107 Å². The van der Waals surface area contributed by atoms with Gasteiger partial charge in [-0.15, -0.1) is 0 Å². The molecule has 0 atom stereocenters. The molecule has 0 bridgehead atoms. The summed E-state index contributed by atoms with van der Waals surface area (Å²) in [5.74, 6) is 0.672. The van der Waals surface area contributed by atoms with Crippen molar-refractivity contribution in [3.63, 3.8) is 0 Å². The highest BCUT2D eigenvalue weighted by Gasteiger charge is 2.16. The molecule has 1 saturated heterocycles. The van der Waals surface area contributed by atoms with Crippen molar-refractivity contribution < 1.29 is 9.66 Å². The fourth-order valence-corrected chi connectivity index (χ4v) is 3.92. The highest BCUT2D eigenvalue weighted by atomic mass is 32.1. The maximum atomic E-state index is 10.9. The van der Waals surface area contributed by atoms with Crippen LogP contribution >= 0.6 is 12.2 Å². The molecule has 0 aliphatic carbocycles. The molecule has 4 rings (SSSR count). The summed E-state index contributed by atoms with van der Waals surface area (Å²) in [7, 11) is 0. The average Bonchev–Trinajstić information content (AvgIpc) is 3.32. The molecule has 1 aliphatic rings. The zero-order chi connectivity index (χ0) is 21.8. The van der Waals surface area contributed by atoms with Crippen LogP contribution in [0.2, 0.25) is 0 Å². The van der Waals surface area contributed by atoms with Gasteiger partial charge in [-0.2, -0.15) is 9.78 Å². The number of aromatic nitrogens is 5. The number of benzene rings is 1. The Morgan fingerprint density at radius 3 is 2.65 bits per heavy atom. The first-order chi connectivity index (χ1) is 15.0. The Balaban J connectivity index is 1.43. The standard InChI is InChI=1S/C20H25N7O3S/c1-15-13-18(27(28)29)23-26(15)14-16-3-5-17(6-4-16)19-21-22-20(31)25(19)8-2-7-24-9-11-30-12-10-24/h3-6,13H,2,7-12,14H2,1H3,(H,22,31). The van der Waals surface area contributed by atoms with E-state index in [0.717, 1.165) is 68.5 Å². The van der Waals surface area contributed by atoms with E-state index in [1.165, 1.54) is 6.07 Å². The molecule has 1 N–H and O–H groups in total. The number of H-pyrrole nitrogens is 1. The van der Waals surface area contributed by atoms with Gasteiger partial charge in [-0.1, -0.05) is 24.3 Å². The molecule has 0 saturated carbocycles. The number of nitrogens with one attached hydrogen (secondary N) is 1. The highest BCUT2D eigenvalue weighted by Crippen LogP contribution is 2.20. The van der Waals surface area contributed by atoms with Crippen LogP contribution < -0.4 is 0 Å². The third kappa shape index (κ3) is 5.06. The van der Waals surface area contributed by atoms with Crippen LogP contribution in [0.15, 0.2) is 30.3 Å². The second-order valence-corrected chi connectivity index (χ2v) is 7.95. The summed E-state index contributed by atoms with van der Waals surface area (Å²) in [4.78, 5) is 12.8. The van der Waals surface area contributed by atoms with Gasteiger partial charge in [0.05, 0.1) is 36.6 Å². The molecular weight excluding hydrogens is 418 g/mol. The number of nitrogens with zero attached hydrogens (tertiary/aromatic N) is 6. The Morgan fingerprint density at radius 1 is 1.23 bits per heavy atom. The predicted octanol–water partition coefficient (Wildman–Crippen LogP) is 2.79. The first-order valence-electron chi connectivity index (χ1n) is 10.2. The molecule has 10 nitrogen and oxygen atoms in total. The number of hydrogen-bond donors (Lipinski definition) is 1. The van der Waals surface area contributed by atoms with Crippen molar-refractivity contribution in [3.05, 3.63) is 56.5 Å². The number of aryl methyl sites for hydroxylation is 1. The van der Waals surface area contributed by atoms with Crippen molar-refractivity contribution in [2.24, 2.45) is 0 Å². The molecule has 11 heteroatoms. The van der Waals surface area contributed by atoms with Gasteiger partial charge in [-0.25, -0.2) is 0 Å². The van der Waals surface area contributed by atoms with E-state index >= 15 is 0 Å². The monoisotopic (exact) mass is 443 g/mol. The minimum Gasteiger partial charge on any atom is -0.379 e. The third-order valence-electron chi connectivity index (χ3n) is 5.42. The third-order valence-corrected chi connectivity index (χ3v) is 5.73. The number of ether oxygens (including phenoxy) is 1. The summed E-state index contributed by atoms with van der Waals surface area (Å²) in [6, 6.07) is 9.43. The fourth-order valence-electron chi connectivity index (χ4n) is 3.70. The molecule has 1 aromatic carbocycles. The highest BCUT2D eigenvalue weighted by molar-refractivity contribution is 7.71. The van der Waals surface area contributed by atoms with Gasteiger partial charge in [-0.3, -0.25) is 10.00 Å². The Hall–Kier alpha value is -2.89. The van der Waals surface area contributed by atoms with E-state index in [-0.39, 0.29) is 5.82 Å². The van der Waals surface area contributed by atoms with Crippen molar-refractivity contribution in [1.82, 2.24) is 29.4 Å². The van der Waals surface area contributed by atoms with E-state index in [4.69, 9.17) is 17.0 Å². The van der Waals surface area contributed by atoms with E-state index in [1.807, 2.05) is 35.8 Å². The Labute approximate surface area is 184 Å². The SMILES string of the molecule is Cc1cc([N+](=O)[O-])nn1Cc1ccc(-c2n[nH]c(=S)n2CCCN2CCOCC2)cc1. The molecule has 31 heavy (non-hydrogen) atoms. The lowest BCUT2D eigenvalue weighted by molar-refractivity contribution is -0.389. The summed E-state index contributed by atoms with van der Waals surface area (Å²) < 4.78 is 9.68. The molecule has 0 radical (unpaired) electrons. The average molecular weight is 444 g/mol. The fraction of sp³-hybridized carbons (Fsp3) is 0.450. The molecular formula is C20H25N7O3S. The van der Waals surface area contributed by atoms with Crippen LogP contribution in [0.25, 0.3) is 11.4 Å². The van der Waals surface area contributed by atoms with E-state index in [2.05, 4.69) is 20.2 Å². The molecule has 1 fully saturated rings. The van der Waals surface area contributed by atoms with Gasteiger partial charge in [0.15, 0.2) is 10.6 Å². The van der Waals surface area contributed by atoms with Crippen LogP contribution in [0.4, 0.5) is 5.82 Å². The predicted molar refractivity (Wildman–Crippen MR) is 117 cm³/mol. The smallest absolute Gasteiger partial charge is 0.379 e. The zero-order valence-corrected chi connectivity index (χ0v) is 18.2. The largest absolute Gasteiger partial charge is 0.390 e. The summed E-state index contributed by atoms with van der Waals surface area (Å²) in [5, 5.41) is 22.3. The van der Waals surface area contributed by atoms with E-state index in [0.29, 0.717) is 11.3 Å². The molecule has 0 unspecified atom stereocenters. The number of morpholine rings is 1. The van der Waals surface area contributed by atoms with Crippen molar-refractivity contribution in [2.75, 3.05) is 32.8 Å². The van der Waals surface area contributed by atoms with Crippen molar-refractivity contribution in [2.45, 2.75) is 26.4 Å². The van der Waals surface area contributed by atoms with Crippen LogP contribution in [0.1, 0.15) is 17.7 Å². The van der Waals surface area contributed by atoms with Gasteiger partial charge in [-0.05, 0) is 36.0 Å². The Kier molecular flexibility index (Phi) is 6.54. The van der Waals surface area contributed by atoms with Crippen molar-refractivity contribution >= 4 is 18.0 Å². The Bertz CT molecular complexity index is 1100. The normalized spacial score (nSPS) is 14.7. The molecule has 164 valence electrons. The maximum absolute atomic E-state index is 10.9. The molecule has 0 spiro atoms. The second kappa shape index (κ2) is 9.50.